The van der Waals surface area contributed by atoms with E-state index in [1.165, 1.54) is 11.1 Å². The maximum atomic E-state index is 5.77. The highest BCUT2D eigenvalue weighted by atomic mass is 16.5. The van der Waals surface area contributed by atoms with Crippen LogP contribution in [0.4, 0.5) is 0 Å². The van der Waals surface area contributed by atoms with Crippen LogP contribution >= 0.6 is 0 Å². The zero-order chi connectivity index (χ0) is 20.1. The van der Waals surface area contributed by atoms with Crippen molar-refractivity contribution < 1.29 is 14.2 Å². The maximum absolute atomic E-state index is 5.77. The first-order valence-electron chi connectivity index (χ1n) is 10.5. The van der Waals surface area contributed by atoms with Gasteiger partial charge in [-0.05, 0) is 47.6 Å². The summed E-state index contributed by atoms with van der Waals surface area (Å²) in [5, 5.41) is 3.63. The molecule has 0 saturated carbocycles. The van der Waals surface area contributed by atoms with Crippen LogP contribution in [0, 0.1) is 0 Å². The molecule has 29 heavy (non-hydrogen) atoms. The molecule has 2 saturated heterocycles. The van der Waals surface area contributed by atoms with Gasteiger partial charge in [0.15, 0.2) is 0 Å². The lowest BCUT2D eigenvalue weighted by molar-refractivity contribution is 0.0740. The topological polar surface area (TPSA) is 52.6 Å². The molecule has 5 nitrogen and oxygen atoms in total. The second kappa shape index (κ2) is 9.53. The molecular weight excluding hydrogens is 364 g/mol. The normalized spacial score (nSPS) is 20.4. The third-order valence-corrected chi connectivity index (χ3v) is 5.87. The maximum Gasteiger partial charge on any atom is 0.141 e. The number of ether oxygens (including phenoxy) is 3. The van der Waals surface area contributed by atoms with Crippen LogP contribution in [-0.4, -0.2) is 45.1 Å². The molecule has 5 heteroatoms. The minimum Gasteiger partial charge on any atom is -0.495 e. The SMILES string of the molecule is C=CCc1ncc(-c2ccc(C3CCOCC3)c([C@@H]3COCCN3)c2)cc1OC. The molecule has 2 aliphatic heterocycles. The Hall–Kier alpha value is -2.21. The number of morpholine rings is 1. The van der Waals surface area contributed by atoms with E-state index in [0.29, 0.717) is 18.9 Å². The van der Waals surface area contributed by atoms with Crippen LogP contribution in [0.1, 0.15) is 41.6 Å². The van der Waals surface area contributed by atoms with Crippen molar-refractivity contribution in [1.82, 2.24) is 10.3 Å². The first kappa shape index (κ1) is 20.1. The highest BCUT2D eigenvalue weighted by Gasteiger charge is 2.25. The zero-order valence-corrected chi connectivity index (χ0v) is 17.2. The van der Waals surface area contributed by atoms with Gasteiger partial charge in [-0.1, -0.05) is 18.2 Å². The van der Waals surface area contributed by atoms with Gasteiger partial charge in [0.1, 0.15) is 5.75 Å². The molecule has 0 spiro atoms. The Kier molecular flexibility index (Phi) is 6.60. The van der Waals surface area contributed by atoms with Crippen LogP contribution in [0.5, 0.6) is 5.75 Å². The summed E-state index contributed by atoms with van der Waals surface area (Å²) in [6.07, 6.45) is 6.62. The fourth-order valence-corrected chi connectivity index (χ4v) is 4.30. The van der Waals surface area contributed by atoms with Crippen LogP contribution in [-0.2, 0) is 15.9 Å². The number of rotatable bonds is 6. The number of hydrogen-bond donors (Lipinski definition) is 1. The summed E-state index contributed by atoms with van der Waals surface area (Å²) in [6, 6.07) is 9.10. The van der Waals surface area contributed by atoms with Crippen molar-refractivity contribution in [3.05, 3.63) is 59.9 Å². The number of allylic oxidation sites excluding steroid dienone is 1. The van der Waals surface area contributed by atoms with E-state index < -0.39 is 0 Å². The molecule has 4 rings (SSSR count). The molecule has 3 heterocycles. The molecule has 2 fully saturated rings. The van der Waals surface area contributed by atoms with Crippen molar-refractivity contribution in [3.8, 4) is 16.9 Å². The summed E-state index contributed by atoms with van der Waals surface area (Å²) >= 11 is 0. The van der Waals surface area contributed by atoms with Gasteiger partial charge in [-0.3, -0.25) is 4.98 Å². The van der Waals surface area contributed by atoms with Gasteiger partial charge in [-0.25, -0.2) is 0 Å². The number of benzene rings is 1. The highest BCUT2D eigenvalue weighted by molar-refractivity contribution is 5.66. The molecule has 1 aromatic heterocycles. The van der Waals surface area contributed by atoms with E-state index in [0.717, 1.165) is 61.8 Å². The highest BCUT2D eigenvalue weighted by Crippen LogP contribution is 2.36. The van der Waals surface area contributed by atoms with Gasteiger partial charge in [-0.15, -0.1) is 6.58 Å². The van der Waals surface area contributed by atoms with Gasteiger partial charge in [0.25, 0.3) is 0 Å². The molecule has 154 valence electrons. The molecule has 1 aromatic carbocycles. The number of nitrogens with zero attached hydrogens (tertiary/aromatic N) is 1. The largest absolute Gasteiger partial charge is 0.495 e. The van der Waals surface area contributed by atoms with E-state index in [1.807, 2.05) is 12.3 Å². The van der Waals surface area contributed by atoms with Gasteiger partial charge in [0.05, 0.1) is 32.1 Å². The minimum atomic E-state index is 0.219. The molecule has 2 aromatic rings. The standard InChI is InChI=1S/C24H30N2O3/c1-3-4-22-24(27-2)14-19(15-26-22)18-5-6-20(17-7-10-28-11-8-17)21(13-18)23-16-29-12-9-25-23/h3,5-6,13-15,17,23,25H,1,4,7-12,16H2,2H3/t23-/m0/s1. The summed E-state index contributed by atoms with van der Waals surface area (Å²) in [5.41, 5.74) is 5.88. The lowest BCUT2D eigenvalue weighted by Crippen LogP contribution is -2.35. The second-order valence-electron chi connectivity index (χ2n) is 7.68. The lowest BCUT2D eigenvalue weighted by atomic mass is 9.84. The predicted octanol–water partition coefficient (Wildman–Crippen LogP) is 4.04. The summed E-state index contributed by atoms with van der Waals surface area (Å²) in [7, 11) is 1.69. The van der Waals surface area contributed by atoms with E-state index in [-0.39, 0.29) is 6.04 Å². The Bertz CT molecular complexity index is 840. The van der Waals surface area contributed by atoms with Crippen LogP contribution < -0.4 is 10.1 Å². The van der Waals surface area contributed by atoms with Gasteiger partial charge in [-0.2, -0.15) is 0 Å². The molecule has 0 radical (unpaired) electrons. The van der Waals surface area contributed by atoms with Crippen molar-refractivity contribution in [2.75, 3.05) is 40.1 Å². The van der Waals surface area contributed by atoms with E-state index in [4.69, 9.17) is 14.2 Å². The number of nitrogens with one attached hydrogen (secondary N) is 1. The minimum absolute atomic E-state index is 0.219. The van der Waals surface area contributed by atoms with Crippen LogP contribution in [0.2, 0.25) is 0 Å². The summed E-state index contributed by atoms with van der Waals surface area (Å²) in [6.45, 7) is 7.85. The summed E-state index contributed by atoms with van der Waals surface area (Å²) in [4.78, 5) is 4.62. The molecule has 0 amide bonds. The van der Waals surface area contributed by atoms with Crippen LogP contribution in [0.3, 0.4) is 0 Å². The van der Waals surface area contributed by atoms with Crippen LogP contribution in [0.15, 0.2) is 43.1 Å². The molecule has 1 N–H and O–H groups in total. The lowest BCUT2D eigenvalue weighted by Gasteiger charge is -2.31. The van der Waals surface area contributed by atoms with E-state index in [1.54, 1.807) is 7.11 Å². The molecular formula is C24H30N2O3. The van der Waals surface area contributed by atoms with E-state index >= 15 is 0 Å². The Balaban J connectivity index is 1.71. The van der Waals surface area contributed by atoms with Crippen molar-refractivity contribution in [3.63, 3.8) is 0 Å². The quantitative estimate of drug-likeness (QED) is 0.750. The van der Waals surface area contributed by atoms with E-state index in [9.17, 15) is 0 Å². The second-order valence-corrected chi connectivity index (χ2v) is 7.68. The van der Waals surface area contributed by atoms with Crippen molar-refractivity contribution >= 4 is 0 Å². The Morgan fingerprint density at radius 2 is 2.00 bits per heavy atom. The third kappa shape index (κ3) is 4.53. The number of aromatic nitrogens is 1. The molecule has 0 bridgehead atoms. The van der Waals surface area contributed by atoms with Gasteiger partial charge < -0.3 is 19.5 Å². The van der Waals surface area contributed by atoms with Crippen molar-refractivity contribution in [1.29, 1.82) is 0 Å². The monoisotopic (exact) mass is 394 g/mol. The Labute approximate surface area is 173 Å². The number of hydrogen-bond acceptors (Lipinski definition) is 5. The zero-order valence-electron chi connectivity index (χ0n) is 17.2. The van der Waals surface area contributed by atoms with Crippen molar-refractivity contribution in [2.24, 2.45) is 0 Å². The number of methoxy groups -OCH3 is 1. The van der Waals surface area contributed by atoms with Crippen molar-refractivity contribution in [2.45, 2.75) is 31.2 Å². The van der Waals surface area contributed by atoms with Gasteiger partial charge >= 0.3 is 0 Å². The molecule has 1 atom stereocenters. The third-order valence-electron chi connectivity index (χ3n) is 5.87. The summed E-state index contributed by atoms with van der Waals surface area (Å²) < 4.78 is 16.9. The van der Waals surface area contributed by atoms with E-state index in [2.05, 4.69) is 41.1 Å². The van der Waals surface area contributed by atoms with Gasteiger partial charge in [0.2, 0.25) is 0 Å². The Morgan fingerprint density at radius 1 is 1.14 bits per heavy atom. The predicted molar refractivity (Wildman–Crippen MR) is 114 cm³/mol. The fourth-order valence-electron chi connectivity index (χ4n) is 4.30. The first-order valence-corrected chi connectivity index (χ1v) is 10.5. The molecule has 0 unspecified atom stereocenters. The summed E-state index contributed by atoms with van der Waals surface area (Å²) in [5.74, 6) is 1.34. The first-order chi connectivity index (χ1) is 14.3. The average molecular weight is 395 g/mol. The average Bonchev–Trinajstić information content (AvgIpc) is 2.80. The molecule has 0 aliphatic carbocycles. The van der Waals surface area contributed by atoms with Crippen LogP contribution in [0.25, 0.3) is 11.1 Å². The Morgan fingerprint density at radius 3 is 2.72 bits per heavy atom. The fraction of sp³-hybridized carbons (Fsp3) is 0.458. The van der Waals surface area contributed by atoms with Gasteiger partial charge in [0, 0.05) is 37.9 Å². The molecule has 2 aliphatic rings. The smallest absolute Gasteiger partial charge is 0.141 e. The number of pyridine rings is 1.